The number of carbonyl (C=O) groups is 1. The van der Waals surface area contributed by atoms with Crippen LogP contribution in [0.15, 0.2) is 16.9 Å². The molecule has 1 amide bonds. The Morgan fingerprint density at radius 3 is 2.68 bits per heavy atom. The molecule has 0 aliphatic rings. The summed E-state index contributed by atoms with van der Waals surface area (Å²) in [5.74, 6) is 0.0655. The van der Waals surface area contributed by atoms with E-state index in [1.165, 1.54) is 16.8 Å². The minimum absolute atomic E-state index is 0.0497. The van der Waals surface area contributed by atoms with E-state index in [0.29, 0.717) is 19.1 Å². The largest absolute Gasteiger partial charge is 0.383 e. The predicted octanol–water partition coefficient (Wildman–Crippen LogP) is 0.664. The van der Waals surface area contributed by atoms with Gasteiger partial charge in [0, 0.05) is 19.2 Å². The monoisotopic (exact) mass is 267 g/mol. The summed E-state index contributed by atoms with van der Waals surface area (Å²) in [7, 11) is 1.55. The lowest BCUT2D eigenvalue weighted by molar-refractivity contribution is 0.0921. The Morgan fingerprint density at radius 1 is 1.42 bits per heavy atom. The van der Waals surface area contributed by atoms with E-state index in [1.807, 2.05) is 20.8 Å². The summed E-state index contributed by atoms with van der Waals surface area (Å²) >= 11 is 0. The standard InChI is InChI=1S/C13H21N3O3/c1-9(2)10(3)14-13(18)11-5-6-12(17)16(15-11)7-8-19-4/h5-6,9-10H,7-8H2,1-4H3,(H,14,18). The molecule has 0 saturated carbocycles. The van der Waals surface area contributed by atoms with Gasteiger partial charge in [0.1, 0.15) is 5.69 Å². The summed E-state index contributed by atoms with van der Waals surface area (Å²) in [5, 5.41) is 6.88. The van der Waals surface area contributed by atoms with Crippen LogP contribution < -0.4 is 10.9 Å². The first kappa shape index (κ1) is 15.4. The highest BCUT2D eigenvalue weighted by atomic mass is 16.5. The molecule has 1 atom stereocenters. The maximum atomic E-state index is 12.0. The average Bonchev–Trinajstić information content (AvgIpc) is 2.37. The number of hydrogen-bond donors (Lipinski definition) is 1. The molecule has 1 rings (SSSR count). The normalized spacial score (nSPS) is 12.5. The van der Waals surface area contributed by atoms with E-state index in [4.69, 9.17) is 4.74 Å². The molecule has 0 saturated heterocycles. The Bertz CT molecular complexity index is 482. The highest BCUT2D eigenvalue weighted by molar-refractivity contribution is 5.92. The molecule has 0 fully saturated rings. The van der Waals surface area contributed by atoms with Crippen LogP contribution in [0.4, 0.5) is 0 Å². The fourth-order valence-electron chi connectivity index (χ4n) is 1.36. The summed E-state index contributed by atoms with van der Waals surface area (Å²) in [6, 6.07) is 2.83. The van der Waals surface area contributed by atoms with Crippen LogP contribution in [-0.2, 0) is 11.3 Å². The second-order valence-corrected chi connectivity index (χ2v) is 4.78. The molecule has 106 valence electrons. The van der Waals surface area contributed by atoms with Crippen LogP contribution in [-0.4, -0.2) is 35.4 Å². The molecule has 0 radical (unpaired) electrons. The number of nitrogens with one attached hydrogen (secondary N) is 1. The van der Waals surface area contributed by atoms with Crippen LogP contribution in [0, 0.1) is 5.92 Å². The number of nitrogens with zero attached hydrogens (tertiary/aromatic N) is 2. The van der Waals surface area contributed by atoms with Gasteiger partial charge >= 0.3 is 0 Å². The smallest absolute Gasteiger partial charge is 0.271 e. The molecule has 0 aromatic carbocycles. The summed E-state index contributed by atoms with van der Waals surface area (Å²) < 4.78 is 6.13. The summed E-state index contributed by atoms with van der Waals surface area (Å²) in [6.07, 6.45) is 0. The van der Waals surface area contributed by atoms with Crippen molar-refractivity contribution in [3.63, 3.8) is 0 Å². The van der Waals surface area contributed by atoms with E-state index in [-0.39, 0.29) is 23.2 Å². The SMILES string of the molecule is COCCn1nc(C(=O)NC(C)C(C)C)ccc1=O. The maximum absolute atomic E-state index is 12.0. The van der Waals surface area contributed by atoms with Crippen LogP contribution in [0.3, 0.4) is 0 Å². The van der Waals surface area contributed by atoms with Crippen LogP contribution in [0.1, 0.15) is 31.3 Å². The second kappa shape index (κ2) is 7.04. The molecule has 0 spiro atoms. The lowest BCUT2D eigenvalue weighted by Crippen LogP contribution is -2.37. The zero-order chi connectivity index (χ0) is 14.4. The zero-order valence-corrected chi connectivity index (χ0v) is 11.8. The third-order valence-electron chi connectivity index (χ3n) is 2.97. The Labute approximate surface area is 112 Å². The molecule has 1 heterocycles. The minimum atomic E-state index is -0.271. The van der Waals surface area contributed by atoms with Crippen molar-refractivity contribution in [2.24, 2.45) is 5.92 Å². The molecule has 1 unspecified atom stereocenters. The van der Waals surface area contributed by atoms with Gasteiger partial charge in [-0.25, -0.2) is 4.68 Å². The van der Waals surface area contributed by atoms with Gasteiger partial charge in [-0.2, -0.15) is 5.10 Å². The molecule has 19 heavy (non-hydrogen) atoms. The molecule has 0 bridgehead atoms. The Balaban J connectivity index is 2.83. The van der Waals surface area contributed by atoms with Crippen molar-refractivity contribution in [3.8, 4) is 0 Å². The summed E-state index contributed by atoms with van der Waals surface area (Å²) in [6.45, 7) is 6.69. The molecule has 1 aromatic heterocycles. The number of carbonyl (C=O) groups excluding carboxylic acids is 1. The average molecular weight is 267 g/mol. The van der Waals surface area contributed by atoms with Crippen LogP contribution in [0.5, 0.6) is 0 Å². The molecule has 0 aliphatic carbocycles. The van der Waals surface area contributed by atoms with Crippen LogP contribution in [0.2, 0.25) is 0 Å². The summed E-state index contributed by atoms with van der Waals surface area (Å²) in [4.78, 5) is 23.5. The van der Waals surface area contributed by atoms with E-state index >= 15 is 0 Å². The summed E-state index contributed by atoms with van der Waals surface area (Å²) in [5.41, 5.74) is -0.00582. The van der Waals surface area contributed by atoms with Gasteiger partial charge in [-0.3, -0.25) is 9.59 Å². The third-order valence-corrected chi connectivity index (χ3v) is 2.97. The lowest BCUT2D eigenvalue weighted by Gasteiger charge is -2.17. The number of ether oxygens (including phenoxy) is 1. The van der Waals surface area contributed by atoms with Crippen molar-refractivity contribution < 1.29 is 9.53 Å². The van der Waals surface area contributed by atoms with E-state index in [1.54, 1.807) is 7.11 Å². The van der Waals surface area contributed by atoms with E-state index in [9.17, 15) is 9.59 Å². The molecule has 6 nitrogen and oxygen atoms in total. The van der Waals surface area contributed by atoms with Gasteiger partial charge in [0.2, 0.25) is 0 Å². The van der Waals surface area contributed by atoms with Crippen molar-refractivity contribution in [1.29, 1.82) is 0 Å². The molecule has 1 aromatic rings. The van der Waals surface area contributed by atoms with Crippen molar-refractivity contribution >= 4 is 5.91 Å². The van der Waals surface area contributed by atoms with Crippen LogP contribution >= 0.6 is 0 Å². The van der Waals surface area contributed by atoms with Gasteiger partial charge in [0.15, 0.2) is 0 Å². The Kier molecular flexibility index (Phi) is 5.69. The second-order valence-electron chi connectivity index (χ2n) is 4.78. The Hall–Kier alpha value is -1.69. The van der Waals surface area contributed by atoms with Gasteiger partial charge in [-0.15, -0.1) is 0 Å². The van der Waals surface area contributed by atoms with Gasteiger partial charge in [-0.1, -0.05) is 13.8 Å². The van der Waals surface area contributed by atoms with Gasteiger partial charge < -0.3 is 10.1 Å². The van der Waals surface area contributed by atoms with E-state index in [2.05, 4.69) is 10.4 Å². The number of aromatic nitrogens is 2. The molecule has 6 heteroatoms. The molecular formula is C13H21N3O3. The highest BCUT2D eigenvalue weighted by Crippen LogP contribution is 2.01. The fourth-order valence-corrected chi connectivity index (χ4v) is 1.36. The quantitative estimate of drug-likeness (QED) is 0.822. The third kappa shape index (κ3) is 4.48. The molecule has 1 N–H and O–H groups in total. The number of hydrogen-bond acceptors (Lipinski definition) is 4. The van der Waals surface area contributed by atoms with E-state index in [0.717, 1.165) is 0 Å². The number of methoxy groups -OCH3 is 1. The van der Waals surface area contributed by atoms with Crippen LogP contribution in [0.25, 0.3) is 0 Å². The van der Waals surface area contributed by atoms with Gasteiger partial charge in [0.05, 0.1) is 13.2 Å². The number of amides is 1. The fraction of sp³-hybridized carbons (Fsp3) is 0.615. The van der Waals surface area contributed by atoms with Crippen molar-refractivity contribution in [2.45, 2.75) is 33.4 Å². The highest BCUT2D eigenvalue weighted by Gasteiger charge is 2.14. The zero-order valence-electron chi connectivity index (χ0n) is 11.8. The van der Waals surface area contributed by atoms with E-state index < -0.39 is 0 Å². The van der Waals surface area contributed by atoms with Gasteiger partial charge in [0.25, 0.3) is 11.5 Å². The van der Waals surface area contributed by atoms with Crippen molar-refractivity contribution in [1.82, 2.24) is 15.1 Å². The Morgan fingerprint density at radius 2 is 2.11 bits per heavy atom. The van der Waals surface area contributed by atoms with Crippen molar-refractivity contribution in [2.75, 3.05) is 13.7 Å². The first-order chi connectivity index (χ1) is 8.95. The molecular weight excluding hydrogens is 246 g/mol. The van der Waals surface area contributed by atoms with Gasteiger partial charge in [-0.05, 0) is 18.9 Å². The molecule has 0 aliphatic heterocycles. The number of rotatable bonds is 6. The van der Waals surface area contributed by atoms with Crippen molar-refractivity contribution in [3.05, 3.63) is 28.2 Å². The predicted molar refractivity (Wildman–Crippen MR) is 72.1 cm³/mol. The topological polar surface area (TPSA) is 73.2 Å². The first-order valence-electron chi connectivity index (χ1n) is 6.33. The first-order valence-corrected chi connectivity index (χ1v) is 6.33. The lowest BCUT2D eigenvalue weighted by atomic mass is 10.1. The maximum Gasteiger partial charge on any atom is 0.271 e. The minimum Gasteiger partial charge on any atom is -0.383 e.